The SMILES string of the molecule is COc1ccc(C)c(OC)c1C1(N=C=O)CCCC1. The zero-order chi connectivity index (χ0) is 13.9. The lowest BCUT2D eigenvalue weighted by atomic mass is 9.86. The van der Waals surface area contributed by atoms with E-state index in [0.29, 0.717) is 0 Å². The maximum absolute atomic E-state index is 10.9. The van der Waals surface area contributed by atoms with Crippen LogP contribution in [-0.2, 0) is 10.3 Å². The molecule has 0 saturated heterocycles. The van der Waals surface area contributed by atoms with Crippen LogP contribution in [0, 0.1) is 6.92 Å². The fraction of sp³-hybridized carbons (Fsp3) is 0.533. The zero-order valence-corrected chi connectivity index (χ0v) is 11.7. The summed E-state index contributed by atoms with van der Waals surface area (Å²) < 4.78 is 11.0. The lowest BCUT2D eigenvalue weighted by molar-refractivity contribution is 0.347. The molecule has 0 atom stereocenters. The van der Waals surface area contributed by atoms with E-state index in [4.69, 9.17) is 9.47 Å². The van der Waals surface area contributed by atoms with Crippen molar-refractivity contribution in [3.63, 3.8) is 0 Å². The summed E-state index contributed by atoms with van der Waals surface area (Å²) in [5.74, 6) is 1.49. The second-order valence-electron chi connectivity index (χ2n) is 4.93. The smallest absolute Gasteiger partial charge is 0.235 e. The number of aliphatic imine (C=N–C) groups is 1. The van der Waals surface area contributed by atoms with Gasteiger partial charge in [0.25, 0.3) is 0 Å². The second kappa shape index (κ2) is 5.45. The minimum Gasteiger partial charge on any atom is -0.496 e. The first kappa shape index (κ1) is 13.6. The molecule has 102 valence electrons. The molecule has 0 aromatic heterocycles. The third kappa shape index (κ3) is 2.24. The van der Waals surface area contributed by atoms with Crippen LogP contribution in [0.3, 0.4) is 0 Å². The van der Waals surface area contributed by atoms with Crippen molar-refractivity contribution >= 4 is 6.08 Å². The summed E-state index contributed by atoms with van der Waals surface area (Å²) in [6, 6.07) is 3.86. The predicted molar refractivity (Wildman–Crippen MR) is 72.6 cm³/mol. The molecule has 0 radical (unpaired) electrons. The third-order valence-electron chi connectivity index (χ3n) is 3.90. The van der Waals surface area contributed by atoms with Crippen molar-refractivity contribution in [2.75, 3.05) is 14.2 Å². The fourth-order valence-corrected chi connectivity index (χ4v) is 3.01. The number of hydrogen-bond acceptors (Lipinski definition) is 4. The normalized spacial score (nSPS) is 16.8. The minimum absolute atomic E-state index is 0.537. The summed E-state index contributed by atoms with van der Waals surface area (Å²) in [4.78, 5) is 15.0. The molecule has 4 heteroatoms. The molecule has 4 nitrogen and oxygen atoms in total. The molecule has 0 N–H and O–H groups in total. The molecule has 0 aliphatic heterocycles. The highest BCUT2D eigenvalue weighted by molar-refractivity contribution is 5.55. The summed E-state index contributed by atoms with van der Waals surface area (Å²) in [5.41, 5.74) is 1.37. The Morgan fingerprint density at radius 3 is 2.42 bits per heavy atom. The Bertz CT molecular complexity index is 512. The number of methoxy groups -OCH3 is 2. The maximum Gasteiger partial charge on any atom is 0.235 e. The molecule has 0 bridgehead atoms. The Kier molecular flexibility index (Phi) is 3.91. The predicted octanol–water partition coefficient (Wildman–Crippen LogP) is 3.12. The number of carbonyl (C=O) groups excluding carboxylic acids is 1. The number of nitrogens with zero attached hydrogens (tertiary/aromatic N) is 1. The van der Waals surface area contributed by atoms with Gasteiger partial charge in [0, 0.05) is 0 Å². The molecule has 0 spiro atoms. The van der Waals surface area contributed by atoms with E-state index < -0.39 is 5.54 Å². The fourth-order valence-electron chi connectivity index (χ4n) is 3.01. The van der Waals surface area contributed by atoms with Gasteiger partial charge in [0.05, 0.1) is 19.8 Å². The van der Waals surface area contributed by atoms with Gasteiger partial charge >= 0.3 is 0 Å². The van der Waals surface area contributed by atoms with Gasteiger partial charge in [-0.1, -0.05) is 18.9 Å². The average molecular weight is 261 g/mol. The molecule has 1 fully saturated rings. The van der Waals surface area contributed by atoms with E-state index in [2.05, 4.69) is 4.99 Å². The van der Waals surface area contributed by atoms with Crippen molar-refractivity contribution in [3.05, 3.63) is 23.3 Å². The van der Waals surface area contributed by atoms with Crippen LogP contribution >= 0.6 is 0 Å². The monoisotopic (exact) mass is 261 g/mol. The van der Waals surface area contributed by atoms with E-state index in [1.165, 1.54) is 0 Å². The maximum atomic E-state index is 10.9. The molecule has 1 aliphatic rings. The van der Waals surface area contributed by atoms with Crippen molar-refractivity contribution in [1.82, 2.24) is 0 Å². The highest BCUT2D eigenvalue weighted by atomic mass is 16.5. The van der Waals surface area contributed by atoms with E-state index in [1.54, 1.807) is 20.3 Å². The molecule has 0 heterocycles. The van der Waals surface area contributed by atoms with Gasteiger partial charge in [0.1, 0.15) is 17.0 Å². The summed E-state index contributed by atoms with van der Waals surface area (Å²) in [7, 11) is 3.26. The zero-order valence-electron chi connectivity index (χ0n) is 11.7. The number of ether oxygens (including phenoxy) is 2. The van der Waals surface area contributed by atoms with Gasteiger partial charge in [-0.3, -0.25) is 0 Å². The van der Waals surface area contributed by atoms with Gasteiger partial charge in [0.2, 0.25) is 6.08 Å². The number of isocyanates is 1. The summed E-state index contributed by atoms with van der Waals surface area (Å²) in [6.45, 7) is 1.98. The Morgan fingerprint density at radius 1 is 1.21 bits per heavy atom. The van der Waals surface area contributed by atoms with Crippen molar-refractivity contribution in [2.24, 2.45) is 4.99 Å². The van der Waals surface area contributed by atoms with Crippen LogP contribution in [0.4, 0.5) is 0 Å². The van der Waals surface area contributed by atoms with Gasteiger partial charge in [-0.2, -0.15) is 4.99 Å². The Balaban J connectivity index is 2.70. The van der Waals surface area contributed by atoms with Crippen molar-refractivity contribution in [2.45, 2.75) is 38.1 Å². The number of aryl methyl sites for hydroxylation is 1. The Morgan fingerprint density at radius 2 is 1.89 bits per heavy atom. The van der Waals surface area contributed by atoms with E-state index in [0.717, 1.165) is 48.3 Å². The van der Waals surface area contributed by atoms with Gasteiger partial charge in [-0.25, -0.2) is 4.79 Å². The first-order valence-electron chi connectivity index (χ1n) is 6.49. The number of hydrogen-bond donors (Lipinski definition) is 0. The lowest BCUT2D eigenvalue weighted by Crippen LogP contribution is -2.21. The molecule has 0 unspecified atom stereocenters. The third-order valence-corrected chi connectivity index (χ3v) is 3.90. The van der Waals surface area contributed by atoms with Crippen LogP contribution in [0.15, 0.2) is 17.1 Å². The number of benzene rings is 1. The highest BCUT2D eigenvalue weighted by Crippen LogP contribution is 2.50. The first-order chi connectivity index (χ1) is 9.18. The van der Waals surface area contributed by atoms with Gasteiger partial charge in [-0.15, -0.1) is 0 Å². The number of rotatable bonds is 4. The minimum atomic E-state index is -0.537. The van der Waals surface area contributed by atoms with E-state index >= 15 is 0 Å². The van der Waals surface area contributed by atoms with Crippen molar-refractivity contribution in [1.29, 1.82) is 0 Å². The average Bonchev–Trinajstić information content (AvgIpc) is 2.88. The van der Waals surface area contributed by atoms with Crippen molar-refractivity contribution in [3.8, 4) is 11.5 Å². The Labute approximate surface area is 113 Å². The molecule has 1 aromatic rings. The lowest BCUT2D eigenvalue weighted by Gasteiger charge is -2.27. The van der Waals surface area contributed by atoms with Gasteiger partial charge in [0.15, 0.2) is 0 Å². The molecule has 1 aliphatic carbocycles. The Hall–Kier alpha value is -1.80. The van der Waals surface area contributed by atoms with Crippen LogP contribution in [0.1, 0.15) is 36.8 Å². The van der Waals surface area contributed by atoms with E-state index in [9.17, 15) is 4.79 Å². The van der Waals surface area contributed by atoms with E-state index in [-0.39, 0.29) is 0 Å². The molecule has 19 heavy (non-hydrogen) atoms. The second-order valence-corrected chi connectivity index (χ2v) is 4.93. The van der Waals surface area contributed by atoms with Crippen LogP contribution in [-0.4, -0.2) is 20.3 Å². The molecule has 1 saturated carbocycles. The molecular formula is C15H19NO3. The standard InChI is InChI=1S/C15H19NO3/c1-11-6-7-12(18-2)13(14(11)19-3)15(16-10-17)8-4-5-9-15/h6-7H,4-5,8-9H2,1-3H3. The summed E-state index contributed by atoms with van der Waals surface area (Å²) in [6.07, 6.45) is 5.49. The summed E-state index contributed by atoms with van der Waals surface area (Å²) in [5, 5.41) is 0. The largest absolute Gasteiger partial charge is 0.496 e. The van der Waals surface area contributed by atoms with Gasteiger partial charge < -0.3 is 9.47 Å². The van der Waals surface area contributed by atoms with Crippen LogP contribution in [0.25, 0.3) is 0 Å². The van der Waals surface area contributed by atoms with E-state index in [1.807, 2.05) is 19.1 Å². The van der Waals surface area contributed by atoms with Gasteiger partial charge in [-0.05, 0) is 31.4 Å². The van der Waals surface area contributed by atoms with Crippen LogP contribution < -0.4 is 9.47 Å². The topological polar surface area (TPSA) is 47.9 Å². The quantitative estimate of drug-likeness (QED) is 0.618. The first-order valence-corrected chi connectivity index (χ1v) is 6.49. The van der Waals surface area contributed by atoms with Crippen molar-refractivity contribution < 1.29 is 14.3 Å². The molecule has 1 aromatic carbocycles. The highest BCUT2D eigenvalue weighted by Gasteiger charge is 2.41. The van der Waals surface area contributed by atoms with Crippen LogP contribution in [0.2, 0.25) is 0 Å². The molecule has 2 rings (SSSR count). The molecular weight excluding hydrogens is 242 g/mol. The molecule has 0 amide bonds. The van der Waals surface area contributed by atoms with Crippen LogP contribution in [0.5, 0.6) is 11.5 Å². The summed E-state index contributed by atoms with van der Waals surface area (Å²) >= 11 is 0.